The topological polar surface area (TPSA) is 82.2 Å². The number of piperazine rings is 1. The first-order valence-electron chi connectivity index (χ1n) is 9.99. The average molecular weight is 418 g/mol. The third-order valence-corrected chi connectivity index (χ3v) is 5.47. The Morgan fingerprint density at radius 3 is 2.37 bits per heavy atom. The summed E-state index contributed by atoms with van der Waals surface area (Å²) in [6.07, 6.45) is 0. The lowest BCUT2D eigenvalue weighted by Crippen LogP contribution is -2.52. The zero-order chi connectivity index (χ0) is 21.8. The maximum absolute atomic E-state index is 13.4. The molecule has 1 atom stereocenters. The number of carbonyl (C=O) groups is 3. The fourth-order valence-corrected chi connectivity index (χ4v) is 3.74. The molecule has 2 heterocycles. The van der Waals surface area contributed by atoms with Crippen molar-refractivity contribution in [3.63, 3.8) is 0 Å². The molecule has 1 fully saturated rings. The third kappa shape index (κ3) is 4.62. The highest BCUT2D eigenvalue weighted by Gasteiger charge is 2.37. The summed E-state index contributed by atoms with van der Waals surface area (Å²) in [6, 6.07) is 4.60. The van der Waals surface area contributed by atoms with Crippen molar-refractivity contribution < 1.29 is 23.5 Å². The van der Waals surface area contributed by atoms with E-state index in [0.717, 1.165) is 0 Å². The number of urea groups is 1. The van der Waals surface area contributed by atoms with Crippen LogP contribution in [0.2, 0.25) is 0 Å². The van der Waals surface area contributed by atoms with E-state index in [9.17, 15) is 18.8 Å². The maximum Gasteiger partial charge on any atom is 0.338 e. The predicted molar refractivity (Wildman–Crippen MR) is 108 cm³/mol. The Bertz CT molecular complexity index is 847. The van der Waals surface area contributed by atoms with Crippen molar-refractivity contribution in [3.8, 4) is 0 Å². The molecule has 30 heavy (non-hydrogen) atoms. The minimum absolute atomic E-state index is 0.0339. The Labute approximate surface area is 175 Å². The van der Waals surface area contributed by atoms with E-state index in [1.165, 1.54) is 17.0 Å². The van der Waals surface area contributed by atoms with Crippen molar-refractivity contribution in [2.45, 2.75) is 19.9 Å². The number of amides is 3. The molecule has 0 saturated carbocycles. The number of benzene rings is 1. The van der Waals surface area contributed by atoms with Crippen molar-refractivity contribution in [1.29, 1.82) is 0 Å². The van der Waals surface area contributed by atoms with Gasteiger partial charge in [0.25, 0.3) is 0 Å². The number of nitrogens with one attached hydrogen (secondary N) is 1. The quantitative estimate of drug-likeness (QED) is 0.733. The van der Waals surface area contributed by atoms with E-state index in [4.69, 9.17) is 4.74 Å². The van der Waals surface area contributed by atoms with Crippen LogP contribution in [0, 0.1) is 5.82 Å². The van der Waals surface area contributed by atoms with E-state index >= 15 is 0 Å². The van der Waals surface area contributed by atoms with Crippen molar-refractivity contribution in [2.24, 2.45) is 0 Å². The number of ether oxygens (including phenoxy) is 1. The summed E-state index contributed by atoms with van der Waals surface area (Å²) in [5.74, 6) is -0.883. The molecular formula is C21H27FN4O4. The summed E-state index contributed by atoms with van der Waals surface area (Å²) < 4.78 is 18.7. The van der Waals surface area contributed by atoms with Crippen LogP contribution in [-0.4, -0.2) is 79.0 Å². The van der Waals surface area contributed by atoms with Crippen LogP contribution in [0.1, 0.15) is 25.5 Å². The number of halogens is 1. The average Bonchev–Trinajstić information content (AvgIpc) is 2.72. The molecule has 0 radical (unpaired) electrons. The molecule has 0 aliphatic carbocycles. The van der Waals surface area contributed by atoms with Crippen molar-refractivity contribution in [1.82, 2.24) is 20.0 Å². The van der Waals surface area contributed by atoms with Crippen molar-refractivity contribution in [2.75, 3.05) is 46.4 Å². The van der Waals surface area contributed by atoms with Crippen LogP contribution < -0.4 is 5.32 Å². The summed E-state index contributed by atoms with van der Waals surface area (Å²) >= 11 is 0. The molecule has 1 aromatic carbocycles. The van der Waals surface area contributed by atoms with Crippen LogP contribution in [0.25, 0.3) is 0 Å². The van der Waals surface area contributed by atoms with Gasteiger partial charge in [-0.2, -0.15) is 0 Å². The van der Waals surface area contributed by atoms with Gasteiger partial charge in [0, 0.05) is 52.4 Å². The van der Waals surface area contributed by atoms with Gasteiger partial charge in [0.1, 0.15) is 5.82 Å². The molecule has 0 aromatic heterocycles. The fraction of sp³-hybridized carbons (Fsp3) is 0.476. The second-order valence-corrected chi connectivity index (χ2v) is 7.36. The highest BCUT2D eigenvalue weighted by atomic mass is 19.1. The van der Waals surface area contributed by atoms with Crippen LogP contribution in [0.5, 0.6) is 0 Å². The molecule has 8 nitrogen and oxygen atoms in total. The molecule has 1 aromatic rings. The van der Waals surface area contributed by atoms with E-state index in [1.54, 1.807) is 37.9 Å². The normalized spacial score (nSPS) is 20.3. The van der Waals surface area contributed by atoms with Crippen LogP contribution >= 0.6 is 0 Å². The van der Waals surface area contributed by atoms with Gasteiger partial charge in [-0.05, 0) is 24.6 Å². The molecule has 3 rings (SSSR count). The summed E-state index contributed by atoms with van der Waals surface area (Å²) in [5, 5.41) is 2.81. The Hall–Kier alpha value is -2.94. The molecule has 3 amide bonds. The first-order valence-corrected chi connectivity index (χ1v) is 9.99. The van der Waals surface area contributed by atoms with Gasteiger partial charge < -0.3 is 15.0 Å². The molecule has 162 valence electrons. The van der Waals surface area contributed by atoms with Crippen LogP contribution in [-0.2, 0) is 14.3 Å². The minimum Gasteiger partial charge on any atom is -0.463 e. The number of rotatable bonds is 5. The number of likely N-dealkylation sites (N-methyl/N-ethyl adjacent to an activating group) is 1. The van der Waals surface area contributed by atoms with E-state index < -0.39 is 17.8 Å². The Morgan fingerprint density at radius 1 is 1.17 bits per heavy atom. The van der Waals surface area contributed by atoms with Gasteiger partial charge in [-0.3, -0.25) is 14.6 Å². The van der Waals surface area contributed by atoms with Crippen LogP contribution in [0.15, 0.2) is 35.5 Å². The molecule has 1 saturated heterocycles. The number of carbonyl (C=O) groups excluding carboxylic acids is 3. The van der Waals surface area contributed by atoms with E-state index in [2.05, 4.69) is 10.2 Å². The molecule has 2 aliphatic rings. The zero-order valence-electron chi connectivity index (χ0n) is 17.5. The van der Waals surface area contributed by atoms with Gasteiger partial charge in [0.05, 0.1) is 18.2 Å². The van der Waals surface area contributed by atoms with Gasteiger partial charge >= 0.3 is 12.0 Å². The SMILES string of the molecule is CCOC(=O)C1=C(CN2CCN(C(C)=O)CC2)N(C)C(=O)NC1c1ccc(F)cc1. The standard InChI is InChI=1S/C21H27FN4O4/c1-4-30-20(28)18-17(13-25-9-11-26(12-10-25)14(2)27)24(3)21(29)23-19(18)15-5-7-16(22)8-6-15/h5-8,19H,4,9-13H2,1-3H3,(H,23,29). The second kappa shape index (κ2) is 9.25. The van der Waals surface area contributed by atoms with Crippen molar-refractivity contribution >= 4 is 17.9 Å². The number of nitrogens with zero attached hydrogens (tertiary/aromatic N) is 3. The predicted octanol–water partition coefficient (Wildman–Crippen LogP) is 1.50. The fourth-order valence-electron chi connectivity index (χ4n) is 3.74. The first-order chi connectivity index (χ1) is 14.3. The monoisotopic (exact) mass is 418 g/mol. The highest BCUT2D eigenvalue weighted by Crippen LogP contribution is 2.31. The summed E-state index contributed by atoms with van der Waals surface area (Å²) in [5.41, 5.74) is 1.47. The van der Waals surface area contributed by atoms with Gasteiger partial charge in [-0.1, -0.05) is 12.1 Å². The number of esters is 1. The van der Waals surface area contributed by atoms with Gasteiger partial charge in [-0.25, -0.2) is 14.0 Å². The Kier molecular flexibility index (Phi) is 6.71. The lowest BCUT2D eigenvalue weighted by molar-refractivity contribution is -0.139. The number of hydrogen-bond acceptors (Lipinski definition) is 5. The van der Waals surface area contributed by atoms with Gasteiger partial charge in [-0.15, -0.1) is 0 Å². The van der Waals surface area contributed by atoms with Crippen LogP contribution in [0.4, 0.5) is 9.18 Å². The zero-order valence-corrected chi connectivity index (χ0v) is 17.5. The molecule has 9 heteroatoms. The molecule has 2 aliphatic heterocycles. The lowest BCUT2D eigenvalue weighted by atomic mass is 9.94. The molecule has 1 N–H and O–H groups in total. The smallest absolute Gasteiger partial charge is 0.338 e. The van der Waals surface area contributed by atoms with Crippen LogP contribution in [0.3, 0.4) is 0 Å². The summed E-state index contributed by atoms with van der Waals surface area (Å²) in [6.45, 7) is 6.28. The lowest BCUT2D eigenvalue weighted by Gasteiger charge is -2.39. The highest BCUT2D eigenvalue weighted by molar-refractivity contribution is 5.95. The Morgan fingerprint density at radius 2 is 1.80 bits per heavy atom. The van der Waals surface area contributed by atoms with Gasteiger partial charge in [0.15, 0.2) is 0 Å². The third-order valence-electron chi connectivity index (χ3n) is 5.47. The summed E-state index contributed by atoms with van der Waals surface area (Å²) in [7, 11) is 1.61. The van der Waals surface area contributed by atoms with Gasteiger partial charge in [0.2, 0.25) is 5.91 Å². The summed E-state index contributed by atoms with van der Waals surface area (Å²) in [4.78, 5) is 42.4. The van der Waals surface area contributed by atoms with Crippen molar-refractivity contribution in [3.05, 3.63) is 46.9 Å². The molecule has 0 bridgehead atoms. The molecule has 1 unspecified atom stereocenters. The molecule has 0 spiro atoms. The van der Waals surface area contributed by atoms with E-state index in [-0.39, 0.29) is 18.5 Å². The maximum atomic E-state index is 13.4. The van der Waals surface area contributed by atoms with E-state index in [1.807, 2.05) is 0 Å². The minimum atomic E-state index is -0.734. The number of hydrogen-bond donors (Lipinski definition) is 1. The first kappa shape index (κ1) is 21.8. The second-order valence-electron chi connectivity index (χ2n) is 7.36. The Balaban J connectivity index is 1.95. The largest absolute Gasteiger partial charge is 0.463 e. The molecular weight excluding hydrogens is 391 g/mol. The van der Waals surface area contributed by atoms with E-state index in [0.29, 0.717) is 49.6 Å².